The summed E-state index contributed by atoms with van der Waals surface area (Å²) >= 11 is 0. The lowest BCUT2D eigenvalue weighted by Crippen LogP contribution is -2.28. The van der Waals surface area contributed by atoms with Gasteiger partial charge in [-0.15, -0.1) is 5.10 Å². The molecule has 0 aliphatic rings. The smallest absolute Gasteiger partial charge is 0.325 e. The van der Waals surface area contributed by atoms with Crippen LogP contribution >= 0.6 is 0 Å². The molecule has 2 N–H and O–H groups in total. The standard InChI is InChI=1S/C11H15N5O3/c1-15(6-9(17)19-3)8-5-4-7(18-2)10-13-11(12)14-16(8)10/h4-5H,6H2,1-3H3,(H2,12,14). The Morgan fingerprint density at radius 2 is 2.21 bits per heavy atom. The lowest BCUT2D eigenvalue weighted by atomic mass is 10.4. The first-order valence-corrected chi connectivity index (χ1v) is 5.54. The van der Waals surface area contributed by atoms with Crippen LogP contribution in [0.2, 0.25) is 0 Å². The average molecular weight is 265 g/mol. The van der Waals surface area contributed by atoms with Gasteiger partial charge in [0.1, 0.15) is 12.4 Å². The summed E-state index contributed by atoms with van der Waals surface area (Å²) in [6.07, 6.45) is 0. The number of hydrogen-bond acceptors (Lipinski definition) is 7. The molecular formula is C11H15N5O3. The fourth-order valence-corrected chi connectivity index (χ4v) is 1.73. The molecule has 0 radical (unpaired) electrons. The minimum Gasteiger partial charge on any atom is -0.493 e. The van der Waals surface area contributed by atoms with Crippen LogP contribution in [-0.2, 0) is 9.53 Å². The van der Waals surface area contributed by atoms with Crippen LogP contribution in [0.15, 0.2) is 12.1 Å². The summed E-state index contributed by atoms with van der Waals surface area (Å²) in [7, 11) is 4.63. The van der Waals surface area contributed by atoms with E-state index in [1.54, 1.807) is 24.1 Å². The summed E-state index contributed by atoms with van der Waals surface area (Å²) in [5.41, 5.74) is 6.10. The van der Waals surface area contributed by atoms with Crippen molar-refractivity contribution >= 4 is 23.4 Å². The highest BCUT2D eigenvalue weighted by Crippen LogP contribution is 2.24. The van der Waals surface area contributed by atoms with E-state index < -0.39 is 0 Å². The van der Waals surface area contributed by atoms with Crippen LogP contribution in [0.25, 0.3) is 5.65 Å². The summed E-state index contributed by atoms with van der Waals surface area (Å²) < 4.78 is 11.3. The number of esters is 1. The van der Waals surface area contributed by atoms with Crippen molar-refractivity contribution in [2.24, 2.45) is 0 Å². The predicted octanol–water partition coefficient (Wildman–Crippen LogP) is -0.0707. The van der Waals surface area contributed by atoms with Crippen LogP contribution in [0.5, 0.6) is 5.75 Å². The van der Waals surface area contributed by atoms with E-state index in [9.17, 15) is 4.79 Å². The van der Waals surface area contributed by atoms with Crippen molar-refractivity contribution in [2.45, 2.75) is 0 Å². The highest BCUT2D eigenvalue weighted by molar-refractivity contribution is 5.75. The number of fused-ring (bicyclic) bond motifs is 1. The Kier molecular flexibility index (Phi) is 3.41. The van der Waals surface area contributed by atoms with Gasteiger partial charge in [-0.3, -0.25) is 4.79 Å². The van der Waals surface area contributed by atoms with Crippen molar-refractivity contribution in [3.63, 3.8) is 0 Å². The lowest BCUT2D eigenvalue weighted by Gasteiger charge is -2.18. The Morgan fingerprint density at radius 1 is 1.47 bits per heavy atom. The fourth-order valence-electron chi connectivity index (χ4n) is 1.73. The van der Waals surface area contributed by atoms with Crippen LogP contribution in [0, 0.1) is 0 Å². The molecule has 0 saturated carbocycles. The van der Waals surface area contributed by atoms with Crippen molar-refractivity contribution in [2.75, 3.05) is 38.4 Å². The van der Waals surface area contributed by atoms with E-state index in [-0.39, 0.29) is 18.5 Å². The molecule has 8 heteroatoms. The number of nitrogens with zero attached hydrogens (tertiary/aromatic N) is 4. The van der Waals surface area contributed by atoms with Crippen molar-refractivity contribution in [3.05, 3.63) is 12.1 Å². The number of rotatable bonds is 4. The zero-order valence-electron chi connectivity index (χ0n) is 11.0. The summed E-state index contributed by atoms with van der Waals surface area (Å²) in [6, 6.07) is 3.51. The number of nitrogens with two attached hydrogens (primary N) is 1. The molecule has 0 saturated heterocycles. The molecule has 0 amide bonds. The van der Waals surface area contributed by atoms with Crippen LogP contribution in [0.4, 0.5) is 11.8 Å². The van der Waals surface area contributed by atoms with Crippen molar-refractivity contribution < 1.29 is 14.3 Å². The maximum absolute atomic E-state index is 11.3. The zero-order valence-corrected chi connectivity index (χ0v) is 11.0. The summed E-state index contributed by atoms with van der Waals surface area (Å²) in [5, 5.41) is 4.09. The van der Waals surface area contributed by atoms with Gasteiger partial charge in [-0.2, -0.15) is 9.50 Å². The Bertz CT molecular complexity index is 610. The van der Waals surface area contributed by atoms with E-state index in [2.05, 4.69) is 14.8 Å². The van der Waals surface area contributed by atoms with Gasteiger partial charge >= 0.3 is 5.97 Å². The molecule has 0 aliphatic heterocycles. The van der Waals surface area contributed by atoms with Crippen LogP contribution < -0.4 is 15.4 Å². The van der Waals surface area contributed by atoms with Gasteiger partial charge in [0.2, 0.25) is 11.6 Å². The molecule has 0 spiro atoms. The quantitative estimate of drug-likeness (QED) is 0.773. The molecule has 0 aromatic carbocycles. The number of nitrogen functional groups attached to an aromatic ring is 1. The first kappa shape index (κ1) is 12.9. The maximum Gasteiger partial charge on any atom is 0.325 e. The third kappa shape index (κ3) is 2.37. The molecule has 8 nitrogen and oxygen atoms in total. The second-order valence-electron chi connectivity index (χ2n) is 3.90. The van der Waals surface area contributed by atoms with Gasteiger partial charge in [0.15, 0.2) is 5.75 Å². The summed E-state index contributed by atoms with van der Waals surface area (Å²) in [4.78, 5) is 17.1. The predicted molar refractivity (Wildman–Crippen MR) is 69.2 cm³/mol. The van der Waals surface area contributed by atoms with Crippen molar-refractivity contribution in [1.29, 1.82) is 0 Å². The molecule has 0 aliphatic carbocycles. The largest absolute Gasteiger partial charge is 0.493 e. The Balaban J connectivity index is 2.46. The minimum atomic E-state index is -0.348. The lowest BCUT2D eigenvalue weighted by molar-refractivity contribution is -0.138. The molecular weight excluding hydrogens is 250 g/mol. The normalized spacial score (nSPS) is 10.5. The van der Waals surface area contributed by atoms with Crippen molar-refractivity contribution in [1.82, 2.24) is 14.6 Å². The Morgan fingerprint density at radius 3 is 2.84 bits per heavy atom. The molecule has 0 unspecified atom stereocenters. The third-order valence-corrected chi connectivity index (χ3v) is 2.65. The number of anilines is 2. The number of ether oxygens (including phenoxy) is 2. The fraction of sp³-hybridized carbons (Fsp3) is 0.364. The van der Waals surface area contributed by atoms with Gasteiger partial charge < -0.3 is 20.1 Å². The average Bonchev–Trinajstić information content (AvgIpc) is 2.78. The number of aromatic nitrogens is 3. The van der Waals surface area contributed by atoms with E-state index >= 15 is 0 Å². The molecule has 0 fully saturated rings. The van der Waals surface area contributed by atoms with Crippen LogP contribution in [-0.4, -0.2) is 48.4 Å². The Labute approximate surface area is 109 Å². The van der Waals surface area contributed by atoms with Crippen LogP contribution in [0.1, 0.15) is 0 Å². The van der Waals surface area contributed by atoms with E-state index in [0.717, 1.165) is 0 Å². The van der Waals surface area contributed by atoms with Gasteiger partial charge in [0.05, 0.1) is 14.2 Å². The molecule has 2 aromatic heterocycles. The van der Waals surface area contributed by atoms with E-state index in [4.69, 9.17) is 10.5 Å². The SMILES string of the molecule is COC(=O)CN(C)c1ccc(OC)c2nc(N)nn12. The minimum absolute atomic E-state index is 0.0949. The van der Waals surface area contributed by atoms with Crippen molar-refractivity contribution in [3.8, 4) is 5.75 Å². The molecule has 2 rings (SSSR count). The molecule has 2 aromatic rings. The maximum atomic E-state index is 11.3. The van der Waals surface area contributed by atoms with E-state index in [1.807, 2.05) is 0 Å². The number of methoxy groups -OCH3 is 2. The molecule has 0 atom stereocenters. The molecule has 0 bridgehead atoms. The summed E-state index contributed by atoms with van der Waals surface area (Å²) in [5.74, 6) is 1.00. The third-order valence-electron chi connectivity index (χ3n) is 2.65. The molecule has 102 valence electrons. The second-order valence-corrected chi connectivity index (χ2v) is 3.90. The van der Waals surface area contributed by atoms with E-state index in [0.29, 0.717) is 17.2 Å². The first-order valence-electron chi connectivity index (χ1n) is 5.54. The van der Waals surface area contributed by atoms with Gasteiger partial charge in [0.25, 0.3) is 0 Å². The van der Waals surface area contributed by atoms with Crippen LogP contribution in [0.3, 0.4) is 0 Å². The summed E-state index contributed by atoms with van der Waals surface area (Å²) in [6.45, 7) is 0.0949. The van der Waals surface area contributed by atoms with Gasteiger partial charge in [-0.25, -0.2) is 0 Å². The topological polar surface area (TPSA) is 95.0 Å². The number of carbonyl (C=O) groups excluding carboxylic acids is 1. The zero-order chi connectivity index (χ0) is 14.0. The van der Waals surface area contributed by atoms with E-state index in [1.165, 1.54) is 18.7 Å². The van der Waals surface area contributed by atoms with Gasteiger partial charge in [-0.1, -0.05) is 0 Å². The molecule has 2 heterocycles. The first-order chi connectivity index (χ1) is 9.06. The highest BCUT2D eigenvalue weighted by atomic mass is 16.5. The number of carbonyl (C=O) groups is 1. The number of hydrogen-bond donors (Lipinski definition) is 1. The highest BCUT2D eigenvalue weighted by Gasteiger charge is 2.15. The number of pyridine rings is 1. The second kappa shape index (κ2) is 5.01. The molecule has 19 heavy (non-hydrogen) atoms. The Hall–Kier alpha value is -2.51. The monoisotopic (exact) mass is 265 g/mol. The number of likely N-dealkylation sites (N-methyl/N-ethyl adjacent to an activating group) is 1. The van der Waals surface area contributed by atoms with Gasteiger partial charge in [-0.05, 0) is 12.1 Å². The van der Waals surface area contributed by atoms with Gasteiger partial charge in [0, 0.05) is 7.05 Å².